The molecule has 0 aliphatic heterocycles. The van der Waals surface area contributed by atoms with Crippen molar-refractivity contribution in [3.05, 3.63) is 12.2 Å². The molecule has 0 radical (unpaired) electrons. The van der Waals surface area contributed by atoms with Gasteiger partial charge < -0.3 is 6.15 Å². The molecule has 21 heavy (non-hydrogen) atoms. The zero-order valence-electron chi connectivity index (χ0n) is 15.2. The summed E-state index contributed by atoms with van der Waals surface area (Å²) in [5.74, 6) is 0. The van der Waals surface area contributed by atoms with Gasteiger partial charge in [-0.2, -0.15) is 0 Å². The Morgan fingerprint density at radius 2 is 0.714 bits per heavy atom. The van der Waals surface area contributed by atoms with Crippen molar-refractivity contribution in [2.45, 2.75) is 117 Å². The largest absolute Gasteiger partial charge is 0.344 e. The van der Waals surface area contributed by atoms with Gasteiger partial charge in [0.05, 0.1) is 0 Å². The van der Waals surface area contributed by atoms with Crippen LogP contribution in [0, 0.1) is 0 Å². The summed E-state index contributed by atoms with van der Waals surface area (Å²) in [5.41, 5.74) is 0. The molecule has 0 bridgehead atoms. The highest BCUT2D eigenvalue weighted by Gasteiger charge is 1.91. The predicted molar refractivity (Wildman–Crippen MR) is 99.4 cm³/mol. The van der Waals surface area contributed by atoms with Crippen LogP contribution in [0.5, 0.6) is 0 Å². The number of hydrogen-bond acceptors (Lipinski definition) is 1. The van der Waals surface area contributed by atoms with E-state index in [1.807, 2.05) is 0 Å². The van der Waals surface area contributed by atoms with Crippen molar-refractivity contribution in [1.29, 1.82) is 0 Å². The summed E-state index contributed by atoms with van der Waals surface area (Å²) in [6.45, 7) is 4.57. The van der Waals surface area contributed by atoms with E-state index in [0.29, 0.717) is 0 Å². The Bertz CT molecular complexity index is 186. The summed E-state index contributed by atoms with van der Waals surface area (Å²) < 4.78 is 0. The molecule has 0 unspecified atom stereocenters. The first-order chi connectivity index (χ1) is 9.91. The van der Waals surface area contributed by atoms with Gasteiger partial charge in [-0.05, 0) is 25.7 Å². The Kier molecular flexibility index (Phi) is 24.1. The van der Waals surface area contributed by atoms with Gasteiger partial charge in [-0.1, -0.05) is 103 Å². The zero-order valence-corrected chi connectivity index (χ0v) is 15.2. The number of rotatable bonds is 16. The van der Waals surface area contributed by atoms with Crippen LogP contribution in [0.2, 0.25) is 0 Å². The van der Waals surface area contributed by atoms with E-state index in [-0.39, 0.29) is 6.15 Å². The van der Waals surface area contributed by atoms with Crippen molar-refractivity contribution in [3.8, 4) is 0 Å². The third-order valence-corrected chi connectivity index (χ3v) is 4.12. The molecule has 0 saturated heterocycles. The lowest BCUT2D eigenvalue weighted by Gasteiger charge is -2.00. The fourth-order valence-corrected chi connectivity index (χ4v) is 2.67. The average Bonchev–Trinajstić information content (AvgIpc) is 2.47. The fourth-order valence-electron chi connectivity index (χ4n) is 2.67. The Morgan fingerprint density at radius 3 is 1.05 bits per heavy atom. The standard InChI is InChI=1S/C20H40.H3N/c1-3-5-7-9-11-13-15-17-19-20-18-16-14-12-10-8-6-4-2;/h17,19H,3-16,18,20H2,1-2H3;1H3. The summed E-state index contributed by atoms with van der Waals surface area (Å²) in [6.07, 6.45) is 27.4. The molecular weight excluding hydrogens is 254 g/mol. The lowest BCUT2D eigenvalue weighted by Crippen LogP contribution is -1.80. The molecule has 0 amide bonds. The Hall–Kier alpha value is -0.300. The van der Waals surface area contributed by atoms with Gasteiger partial charge >= 0.3 is 0 Å². The van der Waals surface area contributed by atoms with Crippen molar-refractivity contribution in [2.75, 3.05) is 0 Å². The average molecular weight is 298 g/mol. The van der Waals surface area contributed by atoms with Crippen molar-refractivity contribution >= 4 is 0 Å². The van der Waals surface area contributed by atoms with E-state index in [9.17, 15) is 0 Å². The molecule has 1 nitrogen and oxygen atoms in total. The second-order valence-corrected chi connectivity index (χ2v) is 6.29. The van der Waals surface area contributed by atoms with Crippen LogP contribution in [0.1, 0.15) is 117 Å². The van der Waals surface area contributed by atoms with Crippen molar-refractivity contribution < 1.29 is 0 Å². The second kappa shape index (κ2) is 22.0. The van der Waals surface area contributed by atoms with Gasteiger partial charge in [0, 0.05) is 0 Å². The predicted octanol–water partition coefficient (Wildman–Crippen LogP) is 7.99. The highest BCUT2D eigenvalue weighted by atomic mass is 14.0. The van der Waals surface area contributed by atoms with Crippen LogP contribution in [-0.4, -0.2) is 0 Å². The molecule has 0 spiro atoms. The van der Waals surface area contributed by atoms with Gasteiger partial charge in [-0.25, -0.2) is 0 Å². The minimum absolute atomic E-state index is 0. The Morgan fingerprint density at radius 1 is 0.429 bits per heavy atom. The van der Waals surface area contributed by atoms with Crippen LogP contribution in [0.4, 0.5) is 0 Å². The monoisotopic (exact) mass is 297 g/mol. The number of unbranched alkanes of at least 4 members (excludes halogenated alkanes) is 14. The molecule has 0 aromatic carbocycles. The van der Waals surface area contributed by atoms with E-state index in [4.69, 9.17) is 0 Å². The van der Waals surface area contributed by atoms with Crippen LogP contribution in [0.3, 0.4) is 0 Å². The molecule has 0 aromatic heterocycles. The summed E-state index contributed by atoms with van der Waals surface area (Å²) in [5, 5.41) is 0. The first kappa shape index (κ1) is 23.0. The van der Waals surface area contributed by atoms with Crippen LogP contribution in [0.25, 0.3) is 0 Å². The van der Waals surface area contributed by atoms with E-state index < -0.39 is 0 Å². The maximum atomic E-state index is 2.42. The minimum Gasteiger partial charge on any atom is -0.344 e. The molecule has 0 aromatic rings. The summed E-state index contributed by atoms with van der Waals surface area (Å²) in [4.78, 5) is 0. The summed E-state index contributed by atoms with van der Waals surface area (Å²) in [7, 11) is 0. The normalized spacial score (nSPS) is 11.0. The lowest BCUT2D eigenvalue weighted by molar-refractivity contribution is 0.577. The molecule has 0 rings (SSSR count). The molecular formula is C20H43N. The van der Waals surface area contributed by atoms with Crippen molar-refractivity contribution in [3.63, 3.8) is 0 Å². The SMILES string of the molecule is CCCCCCCCC=CCCCCCCCCCC.N. The zero-order chi connectivity index (χ0) is 14.7. The fraction of sp³-hybridized carbons (Fsp3) is 0.900. The molecule has 0 fully saturated rings. The highest BCUT2D eigenvalue weighted by molar-refractivity contribution is 4.81. The van der Waals surface area contributed by atoms with Crippen LogP contribution < -0.4 is 6.15 Å². The van der Waals surface area contributed by atoms with Crippen molar-refractivity contribution in [1.82, 2.24) is 6.15 Å². The van der Waals surface area contributed by atoms with E-state index in [1.165, 1.54) is 103 Å². The highest BCUT2D eigenvalue weighted by Crippen LogP contribution is 2.10. The summed E-state index contributed by atoms with van der Waals surface area (Å²) >= 11 is 0. The molecule has 0 heterocycles. The molecule has 0 aliphatic carbocycles. The number of hydrogen-bond donors (Lipinski definition) is 1. The maximum absolute atomic E-state index is 2.42. The van der Waals surface area contributed by atoms with Gasteiger partial charge in [0.25, 0.3) is 0 Å². The molecule has 3 N–H and O–H groups in total. The van der Waals surface area contributed by atoms with Gasteiger partial charge in [-0.3, -0.25) is 0 Å². The van der Waals surface area contributed by atoms with Gasteiger partial charge in [0.15, 0.2) is 0 Å². The van der Waals surface area contributed by atoms with Crippen LogP contribution in [0.15, 0.2) is 12.2 Å². The minimum atomic E-state index is 0. The molecule has 0 saturated carbocycles. The van der Waals surface area contributed by atoms with Gasteiger partial charge in [0.1, 0.15) is 0 Å². The van der Waals surface area contributed by atoms with Gasteiger partial charge in [-0.15, -0.1) is 0 Å². The maximum Gasteiger partial charge on any atom is -0.0351 e. The third kappa shape index (κ3) is 22.1. The van der Waals surface area contributed by atoms with E-state index in [1.54, 1.807) is 0 Å². The molecule has 0 atom stereocenters. The summed E-state index contributed by atoms with van der Waals surface area (Å²) in [6, 6.07) is 0. The van der Waals surface area contributed by atoms with Gasteiger partial charge in [0.2, 0.25) is 0 Å². The first-order valence-electron chi connectivity index (χ1n) is 9.56. The van der Waals surface area contributed by atoms with Crippen molar-refractivity contribution in [2.24, 2.45) is 0 Å². The first-order valence-corrected chi connectivity index (χ1v) is 9.56. The smallest absolute Gasteiger partial charge is 0.0351 e. The molecule has 0 aliphatic rings. The van der Waals surface area contributed by atoms with Crippen LogP contribution in [-0.2, 0) is 0 Å². The van der Waals surface area contributed by atoms with E-state index >= 15 is 0 Å². The number of allylic oxidation sites excluding steroid dienone is 2. The lowest BCUT2D eigenvalue weighted by atomic mass is 10.1. The van der Waals surface area contributed by atoms with E-state index in [2.05, 4.69) is 26.0 Å². The molecule has 128 valence electrons. The Balaban J connectivity index is 0. The quantitative estimate of drug-likeness (QED) is 0.227. The topological polar surface area (TPSA) is 35.0 Å². The van der Waals surface area contributed by atoms with E-state index in [0.717, 1.165) is 0 Å². The second-order valence-electron chi connectivity index (χ2n) is 6.29. The van der Waals surface area contributed by atoms with Crippen LogP contribution >= 0.6 is 0 Å². The Labute approximate surface area is 135 Å². The molecule has 1 heteroatoms. The third-order valence-electron chi connectivity index (χ3n) is 4.12.